The average molecular weight is 199 g/mol. The van der Waals surface area contributed by atoms with Crippen LogP contribution in [0.25, 0.3) is 0 Å². The maximum Gasteiger partial charge on any atom is 0.303 e. The monoisotopic (exact) mass is 199 g/mol. The molecular weight excluding hydrogens is 178 g/mol. The molecule has 1 aliphatic rings. The van der Waals surface area contributed by atoms with Crippen molar-refractivity contribution in [2.24, 2.45) is 11.8 Å². The maximum atomic E-state index is 10.7. The molecule has 3 nitrogen and oxygen atoms in total. The van der Waals surface area contributed by atoms with E-state index < -0.39 is 5.97 Å². The van der Waals surface area contributed by atoms with Gasteiger partial charge in [-0.15, -0.1) is 0 Å². The molecule has 0 heterocycles. The third kappa shape index (κ3) is 3.66. The van der Waals surface area contributed by atoms with E-state index in [0.29, 0.717) is 18.3 Å². The first kappa shape index (κ1) is 11.5. The molecule has 1 atom stereocenters. The van der Waals surface area contributed by atoms with Crippen molar-refractivity contribution in [2.75, 3.05) is 13.6 Å². The van der Waals surface area contributed by atoms with Crippen LogP contribution in [0.4, 0.5) is 0 Å². The fraction of sp³-hybridized carbons (Fsp3) is 0.909. The molecule has 1 saturated carbocycles. The van der Waals surface area contributed by atoms with Gasteiger partial charge in [0.15, 0.2) is 0 Å². The van der Waals surface area contributed by atoms with Crippen molar-refractivity contribution in [1.29, 1.82) is 0 Å². The van der Waals surface area contributed by atoms with Gasteiger partial charge in [-0.1, -0.05) is 32.1 Å². The Kier molecular flexibility index (Phi) is 4.94. The van der Waals surface area contributed by atoms with Crippen LogP contribution in [0.3, 0.4) is 0 Å². The van der Waals surface area contributed by atoms with Crippen molar-refractivity contribution < 1.29 is 9.90 Å². The molecule has 0 aromatic heterocycles. The topological polar surface area (TPSA) is 49.3 Å². The number of hydrogen-bond donors (Lipinski definition) is 2. The van der Waals surface area contributed by atoms with Gasteiger partial charge in [0.2, 0.25) is 0 Å². The van der Waals surface area contributed by atoms with Crippen LogP contribution in [-0.2, 0) is 4.79 Å². The van der Waals surface area contributed by atoms with Crippen molar-refractivity contribution in [3.8, 4) is 0 Å². The molecule has 0 spiro atoms. The molecule has 0 aromatic rings. The summed E-state index contributed by atoms with van der Waals surface area (Å²) in [6, 6.07) is 0. The number of aliphatic carboxylic acids is 1. The van der Waals surface area contributed by atoms with Crippen LogP contribution < -0.4 is 5.32 Å². The largest absolute Gasteiger partial charge is 0.481 e. The quantitative estimate of drug-likeness (QED) is 0.710. The second kappa shape index (κ2) is 6.02. The van der Waals surface area contributed by atoms with Crippen LogP contribution in [0.5, 0.6) is 0 Å². The van der Waals surface area contributed by atoms with Crippen LogP contribution >= 0.6 is 0 Å². The van der Waals surface area contributed by atoms with Crippen molar-refractivity contribution in [2.45, 2.75) is 38.5 Å². The van der Waals surface area contributed by atoms with Crippen LogP contribution in [0.2, 0.25) is 0 Å². The summed E-state index contributed by atoms with van der Waals surface area (Å²) < 4.78 is 0. The number of rotatable bonds is 5. The van der Waals surface area contributed by atoms with Gasteiger partial charge in [0.05, 0.1) is 0 Å². The van der Waals surface area contributed by atoms with Crippen LogP contribution in [0.15, 0.2) is 0 Å². The van der Waals surface area contributed by atoms with Crippen molar-refractivity contribution in [1.82, 2.24) is 5.32 Å². The third-order valence-corrected chi connectivity index (χ3v) is 3.22. The summed E-state index contributed by atoms with van der Waals surface area (Å²) in [4.78, 5) is 10.7. The summed E-state index contributed by atoms with van der Waals surface area (Å²) >= 11 is 0. The van der Waals surface area contributed by atoms with E-state index in [1.54, 1.807) is 0 Å². The Bertz CT molecular complexity index is 176. The summed E-state index contributed by atoms with van der Waals surface area (Å²) in [5.41, 5.74) is 0. The van der Waals surface area contributed by atoms with Gasteiger partial charge in [-0.05, 0) is 25.4 Å². The minimum Gasteiger partial charge on any atom is -0.481 e. The van der Waals surface area contributed by atoms with E-state index in [1.165, 1.54) is 32.1 Å². The van der Waals surface area contributed by atoms with Gasteiger partial charge in [0, 0.05) is 6.42 Å². The first-order valence-corrected chi connectivity index (χ1v) is 5.60. The Labute approximate surface area is 85.9 Å². The Balaban J connectivity index is 2.42. The fourth-order valence-electron chi connectivity index (χ4n) is 2.50. The number of carboxylic acid groups (broad SMARTS) is 1. The molecule has 2 N–H and O–H groups in total. The lowest BCUT2D eigenvalue weighted by Crippen LogP contribution is -2.29. The summed E-state index contributed by atoms with van der Waals surface area (Å²) in [6.07, 6.45) is 6.66. The zero-order valence-corrected chi connectivity index (χ0v) is 8.96. The lowest BCUT2D eigenvalue weighted by Gasteiger charge is -2.29. The molecule has 0 amide bonds. The second-order valence-corrected chi connectivity index (χ2v) is 4.31. The lowest BCUT2D eigenvalue weighted by molar-refractivity contribution is -0.138. The highest BCUT2D eigenvalue weighted by Crippen LogP contribution is 2.31. The van der Waals surface area contributed by atoms with E-state index in [9.17, 15) is 4.79 Å². The Hall–Kier alpha value is -0.570. The number of carbonyl (C=O) groups is 1. The van der Waals surface area contributed by atoms with E-state index in [0.717, 1.165) is 6.54 Å². The van der Waals surface area contributed by atoms with Gasteiger partial charge in [0.1, 0.15) is 0 Å². The van der Waals surface area contributed by atoms with Crippen LogP contribution in [-0.4, -0.2) is 24.7 Å². The van der Waals surface area contributed by atoms with Crippen molar-refractivity contribution in [3.05, 3.63) is 0 Å². The molecule has 1 aliphatic carbocycles. The summed E-state index contributed by atoms with van der Waals surface area (Å²) in [7, 11) is 1.90. The molecule has 0 aliphatic heterocycles. The van der Waals surface area contributed by atoms with E-state index in [2.05, 4.69) is 5.32 Å². The van der Waals surface area contributed by atoms with Crippen molar-refractivity contribution in [3.63, 3.8) is 0 Å². The highest BCUT2D eigenvalue weighted by atomic mass is 16.4. The van der Waals surface area contributed by atoms with E-state index in [-0.39, 0.29) is 0 Å². The van der Waals surface area contributed by atoms with E-state index >= 15 is 0 Å². The Morgan fingerprint density at radius 2 is 2.07 bits per heavy atom. The molecule has 1 unspecified atom stereocenters. The molecule has 0 aromatic carbocycles. The molecule has 3 heteroatoms. The molecule has 0 bridgehead atoms. The highest BCUT2D eigenvalue weighted by Gasteiger charge is 2.24. The first-order valence-electron chi connectivity index (χ1n) is 5.60. The molecular formula is C11H21NO2. The van der Waals surface area contributed by atoms with Crippen LogP contribution in [0.1, 0.15) is 38.5 Å². The SMILES string of the molecule is CNCC(CC(=O)O)C1CCCCC1. The van der Waals surface area contributed by atoms with Gasteiger partial charge in [-0.2, -0.15) is 0 Å². The normalized spacial score (nSPS) is 20.6. The fourth-order valence-corrected chi connectivity index (χ4v) is 2.50. The van der Waals surface area contributed by atoms with Crippen LogP contribution in [0, 0.1) is 11.8 Å². The zero-order valence-electron chi connectivity index (χ0n) is 8.96. The molecule has 1 rings (SSSR count). The summed E-state index contributed by atoms with van der Waals surface area (Å²) in [5, 5.41) is 11.9. The van der Waals surface area contributed by atoms with E-state index in [4.69, 9.17) is 5.11 Å². The van der Waals surface area contributed by atoms with Gasteiger partial charge in [-0.25, -0.2) is 0 Å². The van der Waals surface area contributed by atoms with Gasteiger partial charge >= 0.3 is 5.97 Å². The van der Waals surface area contributed by atoms with Gasteiger partial charge in [-0.3, -0.25) is 4.79 Å². The average Bonchev–Trinajstić information content (AvgIpc) is 2.18. The molecule has 1 fully saturated rings. The summed E-state index contributed by atoms with van der Waals surface area (Å²) in [6.45, 7) is 0.844. The smallest absolute Gasteiger partial charge is 0.303 e. The Morgan fingerprint density at radius 3 is 2.57 bits per heavy atom. The summed E-state index contributed by atoms with van der Waals surface area (Å²) in [5.74, 6) is 0.306. The maximum absolute atomic E-state index is 10.7. The molecule has 0 saturated heterocycles. The second-order valence-electron chi connectivity index (χ2n) is 4.31. The predicted molar refractivity (Wildman–Crippen MR) is 56.2 cm³/mol. The van der Waals surface area contributed by atoms with E-state index in [1.807, 2.05) is 7.05 Å². The standard InChI is InChI=1S/C11H21NO2/c1-12-8-10(7-11(13)14)9-5-3-2-4-6-9/h9-10,12H,2-8H2,1H3,(H,13,14). The highest BCUT2D eigenvalue weighted by molar-refractivity contribution is 5.67. The first-order chi connectivity index (χ1) is 6.74. The van der Waals surface area contributed by atoms with Gasteiger partial charge < -0.3 is 10.4 Å². The Morgan fingerprint density at radius 1 is 1.43 bits per heavy atom. The molecule has 14 heavy (non-hydrogen) atoms. The molecule has 82 valence electrons. The number of hydrogen-bond acceptors (Lipinski definition) is 2. The van der Waals surface area contributed by atoms with Crippen molar-refractivity contribution >= 4 is 5.97 Å². The lowest BCUT2D eigenvalue weighted by atomic mass is 9.78. The molecule has 0 radical (unpaired) electrons. The minimum atomic E-state index is -0.657. The minimum absolute atomic E-state index is 0.325. The zero-order chi connectivity index (χ0) is 10.4. The predicted octanol–water partition coefficient (Wildman–Crippen LogP) is 1.88. The van der Waals surface area contributed by atoms with Gasteiger partial charge in [0.25, 0.3) is 0 Å². The number of carboxylic acids is 1. The number of nitrogens with one attached hydrogen (secondary N) is 1. The third-order valence-electron chi connectivity index (χ3n) is 3.22.